The molecule has 0 spiro atoms. The number of rotatable bonds is 6. The number of nitrogens with zero attached hydrogens (tertiary/aromatic N) is 3. The van der Waals surface area contributed by atoms with Crippen molar-refractivity contribution in [3.8, 4) is 11.5 Å². The van der Waals surface area contributed by atoms with Crippen molar-refractivity contribution in [1.82, 2.24) is 10.2 Å². The molecule has 4 fully saturated rings. The average molecular weight is 493 g/mol. The van der Waals surface area contributed by atoms with Crippen LogP contribution in [-0.4, -0.2) is 46.4 Å². The molecule has 4 aliphatic rings. The minimum Gasteiger partial charge on any atom is -0.455 e. The van der Waals surface area contributed by atoms with Crippen molar-refractivity contribution in [2.24, 2.45) is 5.92 Å². The lowest BCUT2D eigenvalue weighted by molar-refractivity contribution is -0.959. The van der Waals surface area contributed by atoms with Gasteiger partial charge in [-0.05, 0) is 36.4 Å². The van der Waals surface area contributed by atoms with Gasteiger partial charge in [-0.15, -0.1) is 21.5 Å². The molecule has 1 aromatic carbocycles. The summed E-state index contributed by atoms with van der Waals surface area (Å²) in [6.45, 7) is 3.71. The van der Waals surface area contributed by atoms with E-state index < -0.39 is 5.41 Å². The Morgan fingerprint density at radius 3 is 2.51 bits per heavy atom. The Labute approximate surface area is 210 Å². The van der Waals surface area contributed by atoms with Gasteiger partial charge >= 0.3 is 5.97 Å². The maximum absolute atomic E-state index is 13.9. The van der Waals surface area contributed by atoms with Gasteiger partial charge in [-0.2, -0.15) is 0 Å². The highest BCUT2D eigenvalue weighted by molar-refractivity contribution is 7.10. The Morgan fingerprint density at radius 2 is 1.80 bits per heavy atom. The Balaban J connectivity index is 1.19. The van der Waals surface area contributed by atoms with Crippen LogP contribution in [0.25, 0.3) is 11.5 Å². The van der Waals surface area contributed by atoms with Gasteiger partial charge in [-0.1, -0.05) is 49.9 Å². The maximum atomic E-state index is 13.9. The van der Waals surface area contributed by atoms with Gasteiger partial charge in [0.2, 0.25) is 5.89 Å². The van der Waals surface area contributed by atoms with E-state index in [4.69, 9.17) is 9.15 Å². The molecule has 6 nitrogen and oxygen atoms in total. The van der Waals surface area contributed by atoms with Crippen LogP contribution >= 0.6 is 11.3 Å². The quantitative estimate of drug-likeness (QED) is 0.249. The number of hydrogen-bond donors (Lipinski definition) is 0. The average Bonchev–Trinajstić information content (AvgIpc) is 3.53. The first kappa shape index (κ1) is 22.9. The van der Waals surface area contributed by atoms with Crippen molar-refractivity contribution in [3.05, 3.63) is 58.6 Å². The molecule has 3 aromatic rings. The largest absolute Gasteiger partial charge is 0.455 e. The molecule has 1 saturated carbocycles. The number of thiophene rings is 1. The first-order chi connectivity index (χ1) is 17.2. The topological polar surface area (TPSA) is 65.2 Å². The molecule has 5 heterocycles. The molecule has 3 saturated heterocycles. The SMILES string of the molecule is O=C(OC1C[N+]2(Cc3nnc(-c4ccccc4)o3)CCC1CC2)C1(c2cccs2)CCCCCC1. The lowest BCUT2D eigenvalue weighted by Crippen LogP contribution is -2.64. The molecule has 1 atom stereocenters. The normalized spacial score (nSPS) is 27.9. The zero-order chi connectivity index (χ0) is 23.7. The second-order valence-corrected chi connectivity index (χ2v) is 11.7. The molecular formula is C28H34N3O3S+. The number of quaternary nitrogens is 1. The van der Waals surface area contributed by atoms with Gasteiger partial charge in [-0.3, -0.25) is 4.79 Å². The van der Waals surface area contributed by atoms with Gasteiger partial charge in [0.1, 0.15) is 12.0 Å². The van der Waals surface area contributed by atoms with E-state index in [2.05, 4.69) is 27.7 Å². The fourth-order valence-corrected chi connectivity index (χ4v) is 7.54. The molecule has 7 rings (SSSR count). The first-order valence-electron chi connectivity index (χ1n) is 13.1. The van der Waals surface area contributed by atoms with Crippen LogP contribution in [0.4, 0.5) is 0 Å². The van der Waals surface area contributed by atoms with Crippen molar-refractivity contribution in [1.29, 1.82) is 0 Å². The Morgan fingerprint density at radius 1 is 1.03 bits per heavy atom. The Kier molecular flexibility index (Phi) is 6.23. The van der Waals surface area contributed by atoms with Crippen molar-refractivity contribution < 1.29 is 18.4 Å². The molecule has 184 valence electrons. The summed E-state index contributed by atoms with van der Waals surface area (Å²) in [5, 5.41) is 10.8. The number of carbonyl (C=O) groups is 1. The summed E-state index contributed by atoms with van der Waals surface area (Å²) in [7, 11) is 0. The van der Waals surface area contributed by atoms with Crippen molar-refractivity contribution in [2.45, 2.75) is 69.4 Å². The van der Waals surface area contributed by atoms with Gasteiger partial charge < -0.3 is 13.6 Å². The van der Waals surface area contributed by atoms with Gasteiger partial charge in [0, 0.05) is 29.2 Å². The summed E-state index contributed by atoms with van der Waals surface area (Å²) in [5.41, 5.74) is 0.483. The Bertz CT molecular complexity index is 1130. The van der Waals surface area contributed by atoms with E-state index in [0.29, 0.717) is 24.2 Å². The number of fused-ring (bicyclic) bond motifs is 3. The van der Waals surface area contributed by atoms with E-state index in [9.17, 15) is 4.79 Å². The lowest BCUT2D eigenvalue weighted by atomic mass is 9.78. The molecule has 1 aliphatic carbocycles. The molecule has 0 N–H and O–H groups in total. The zero-order valence-electron chi connectivity index (χ0n) is 20.2. The van der Waals surface area contributed by atoms with E-state index in [0.717, 1.165) is 68.2 Å². The number of piperidine rings is 3. The smallest absolute Gasteiger partial charge is 0.317 e. The van der Waals surface area contributed by atoms with Gasteiger partial charge in [-0.25, -0.2) is 0 Å². The van der Waals surface area contributed by atoms with Crippen LogP contribution in [0.5, 0.6) is 0 Å². The highest BCUT2D eigenvalue weighted by Gasteiger charge is 2.51. The second kappa shape index (κ2) is 9.51. The summed E-state index contributed by atoms with van der Waals surface area (Å²) in [4.78, 5) is 15.1. The Hall–Kier alpha value is -2.51. The number of aromatic nitrogens is 2. The van der Waals surface area contributed by atoms with E-state index in [-0.39, 0.29) is 12.1 Å². The molecule has 2 aromatic heterocycles. The van der Waals surface area contributed by atoms with Crippen molar-refractivity contribution in [3.63, 3.8) is 0 Å². The molecule has 35 heavy (non-hydrogen) atoms. The predicted molar refractivity (Wildman–Crippen MR) is 135 cm³/mol. The molecule has 1 unspecified atom stereocenters. The standard InChI is InChI=1S/C28H34N3O3S/c32-27(28(24-11-8-18-35-24)14-6-1-2-7-15-28)33-23-19-31(16-12-21(23)13-17-31)20-25-29-30-26(34-25)22-9-4-3-5-10-22/h3-5,8-11,18,21,23H,1-2,6-7,12-17,19-20H2/q+1. The first-order valence-corrected chi connectivity index (χ1v) is 14.0. The molecule has 2 bridgehead atoms. The third kappa shape index (κ3) is 4.45. The highest BCUT2D eigenvalue weighted by Crippen LogP contribution is 2.44. The summed E-state index contributed by atoms with van der Waals surface area (Å²) in [6, 6.07) is 14.1. The van der Waals surface area contributed by atoms with E-state index in [1.165, 1.54) is 17.7 Å². The second-order valence-electron chi connectivity index (χ2n) is 10.8. The van der Waals surface area contributed by atoms with E-state index in [1.807, 2.05) is 30.3 Å². The lowest BCUT2D eigenvalue weighted by Gasteiger charge is -2.51. The van der Waals surface area contributed by atoms with Crippen LogP contribution < -0.4 is 0 Å². The van der Waals surface area contributed by atoms with Crippen molar-refractivity contribution >= 4 is 17.3 Å². The highest BCUT2D eigenvalue weighted by atomic mass is 32.1. The minimum atomic E-state index is -0.460. The van der Waals surface area contributed by atoms with Crippen LogP contribution in [-0.2, 0) is 21.5 Å². The number of carbonyl (C=O) groups excluding carboxylic acids is 1. The van der Waals surface area contributed by atoms with Crippen LogP contribution in [0.3, 0.4) is 0 Å². The number of hydrogen-bond acceptors (Lipinski definition) is 6. The summed E-state index contributed by atoms with van der Waals surface area (Å²) in [6.07, 6.45) is 8.59. The molecule has 7 heteroatoms. The zero-order valence-corrected chi connectivity index (χ0v) is 21.0. The van der Waals surface area contributed by atoms with Gasteiger partial charge in [0.25, 0.3) is 5.89 Å². The third-order valence-corrected chi connectivity index (χ3v) is 9.67. The summed E-state index contributed by atoms with van der Waals surface area (Å²) in [5.74, 6) is 1.73. The number of esters is 1. The monoisotopic (exact) mass is 492 g/mol. The van der Waals surface area contributed by atoms with Gasteiger partial charge in [0.15, 0.2) is 12.6 Å². The number of benzene rings is 1. The van der Waals surface area contributed by atoms with Crippen molar-refractivity contribution in [2.75, 3.05) is 19.6 Å². The summed E-state index contributed by atoms with van der Waals surface area (Å²) < 4.78 is 13.4. The van der Waals surface area contributed by atoms with E-state index in [1.54, 1.807) is 11.3 Å². The van der Waals surface area contributed by atoms with E-state index >= 15 is 0 Å². The predicted octanol–water partition coefficient (Wildman–Crippen LogP) is 5.74. The molecule has 0 radical (unpaired) electrons. The molecular weight excluding hydrogens is 458 g/mol. The minimum absolute atomic E-state index is 0.0166. The van der Waals surface area contributed by atoms with Crippen LogP contribution in [0.1, 0.15) is 62.1 Å². The molecule has 0 amide bonds. The summed E-state index contributed by atoms with van der Waals surface area (Å²) >= 11 is 1.71. The van der Waals surface area contributed by atoms with Gasteiger partial charge in [0.05, 0.1) is 13.1 Å². The van der Waals surface area contributed by atoms with Crippen LogP contribution in [0, 0.1) is 5.92 Å². The fraction of sp³-hybridized carbons (Fsp3) is 0.536. The molecule has 3 aliphatic heterocycles. The number of ether oxygens (including phenoxy) is 1. The maximum Gasteiger partial charge on any atom is 0.317 e. The fourth-order valence-electron chi connectivity index (χ4n) is 6.56. The van der Waals surface area contributed by atoms with Crippen LogP contribution in [0.2, 0.25) is 0 Å². The van der Waals surface area contributed by atoms with Crippen LogP contribution in [0.15, 0.2) is 52.3 Å². The third-order valence-electron chi connectivity index (χ3n) is 8.60.